The summed E-state index contributed by atoms with van der Waals surface area (Å²) < 4.78 is 6.59. The number of amides is 1. The Balaban J connectivity index is 1.84. The first-order chi connectivity index (χ1) is 9.19. The van der Waals surface area contributed by atoms with E-state index in [1.807, 2.05) is 25.2 Å². The Morgan fingerprint density at radius 3 is 2.95 bits per heavy atom. The zero-order valence-electron chi connectivity index (χ0n) is 11.0. The smallest absolute Gasteiger partial charge is 0.257 e. The van der Waals surface area contributed by atoms with Crippen molar-refractivity contribution in [3.8, 4) is 5.75 Å². The Hall–Kier alpha value is -1.07. The molecule has 2 rings (SSSR count). The van der Waals surface area contributed by atoms with Crippen LogP contribution < -0.4 is 15.4 Å². The van der Waals surface area contributed by atoms with E-state index in [1.54, 1.807) is 0 Å². The van der Waals surface area contributed by atoms with Crippen molar-refractivity contribution in [2.45, 2.75) is 19.4 Å². The molecule has 0 radical (unpaired) electrons. The van der Waals surface area contributed by atoms with Gasteiger partial charge in [0.15, 0.2) is 6.61 Å². The Bertz CT molecular complexity index is 447. The summed E-state index contributed by atoms with van der Waals surface area (Å²) in [6.45, 7) is 1.56. The van der Waals surface area contributed by atoms with Crippen LogP contribution in [0.5, 0.6) is 5.75 Å². The number of hydrogen-bond donors (Lipinski definition) is 2. The van der Waals surface area contributed by atoms with Gasteiger partial charge < -0.3 is 15.4 Å². The molecule has 19 heavy (non-hydrogen) atoms. The summed E-state index contributed by atoms with van der Waals surface area (Å²) in [4.78, 5) is 11.6. The topological polar surface area (TPSA) is 50.4 Å². The van der Waals surface area contributed by atoms with Crippen LogP contribution in [0.1, 0.15) is 18.4 Å². The van der Waals surface area contributed by atoms with Crippen LogP contribution >= 0.6 is 15.9 Å². The van der Waals surface area contributed by atoms with Gasteiger partial charge in [-0.05, 0) is 44.0 Å². The maximum Gasteiger partial charge on any atom is 0.257 e. The van der Waals surface area contributed by atoms with Crippen LogP contribution in [0, 0.1) is 5.92 Å². The lowest BCUT2D eigenvalue weighted by molar-refractivity contribution is -0.123. The summed E-state index contributed by atoms with van der Waals surface area (Å²) in [6.07, 6.45) is 2.47. The normalized spacial score (nSPS) is 14.2. The average molecular weight is 327 g/mol. The fourth-order valence-electron chi connectivity index (χ4n) is 1.79. The largest absolute Gasteiger partial charge is 0.483 e. The number of rotatable bonds is 7. The average Bonchev–Trinajstić information content (AvgIpc) is 3.20. The molecule has 1 saturated carbocycles. The van der Waals surface area contributed by atoms with E-state index in [1.165, 1.54) is 12.8 Å². The molecule has 1 aromatic rings. The molecule has 1 amide bonds. The van der Waals surface area contributed by atoms with Crippen molar-refractivity contribution in [3.63, 3.8) is 0 Å². The fraction of sp³-hybridized carbons (Fsp3) is 0.500. The summed E-state index contributed by atoms with van der Waals surface area (Å²) in [5.74, 6) is 1.39. The summed E-state index contributed by atoms with van der Waals surface area (Å²) >= 11 is 3.43. The van der Waals surface area contributed by atoms with Crippen molar-refractivity contribution in [1.29, 1.82) is 0 Å². The van der Waals surface area contributed by atoms with Crippen LogP contribution in [0.4, 0.5) is 0 Å². The van der Waals surface area contributed by atoms with Gasteiger partial charge >= 0.3 is 0 Å². The quantitative estimate of drug-likeness (QED) is 0.806. The molecule has 0 atom stereocenters. The minimum atomic E-state index is -0.0507. The van der Waals surface area contributed by atoms with Gasteiger partial charge in [0, 0.05) is 23.1 Å². The van der Waals surface area contributed by atoms with Gasteiger partial charge in [0.05, 0.1) is 0 Å². The van der Waals surface area contributed by atoms with Crippen LogP contribution in [0.15, 0.2) is 22.7 Å². The van der Waals surface area contributed by atoms with Gasteiger partial charge in [-0.25, -0.2) is 0 Å². The third-order valence-electron chi connectivity index (χ3n) is 3.03. The Kier molecular flexibility index (Phi) is 5.22. The summed E-state index contributed by atoms with van der Waals surface area (Å²) in [5, 5.41) is 5.98. The van der Waals surface area contributed by atoms with E-state index in [0.29, 0.717) is 12.5 Å². The van der Waals surface area contributed by atoms with Crippen LogP contribution in [0.3, 0.4) is 0 Å². The van der Waals surface area contributed by atoms with Crippen molar-refractivity contribution in [2.24, 2.45) is 5.92 Å². The van der Waals surface area contributed by atoms with Crippen LogP contribution in [-0.4, -0.2) is 26.1 Å². The number of carbonyl (C=O) groups is 1. The lowest BCUT2D eigenvalue weighted by Gasteiger charge is -2.12. The minimum absolute atomic E-state index is 0.0507. The zero-order valence-corrected chi connectivity index (χ0v) is 12.6. The standard InChI is InChI=1S/C14H19BrN2O2/c1-16-8-11-6-12(15)4-5-13(11)19-9-14(18)17-7-10-2-3-10/h4-6,10,16H,2-3,7-9H2,1H3,(H,17,18). The van der Waals surface area contributed by atoms with Crippen molar-refractivity contribution in [3.05, 3.63) is 28.2 Å². The van der Waals surface area contributed by atoms with E-state index in [0.717, 1.165) is 22.3 Å². The molecule has 0 spiro atoms. The third-order valence-corrected chi connectivity index (χ3v) is 3.53. The van der Waals surface area contributed by atoms with E-state index < -0.39 is 0 Å². The first-order valence-electron chi connectivity index (χ1n) is 6.51. The lowest BCUT2D eigenvalue weighted by Crippen LogP contribution is -2.30. The molecule has 4 nitrogen and oxygen atoms in total. The number of carbonyl (C=O) groups excluding carboxylic acids is 1. The van der Waals surface area contributed by atoms with E-state index >= 15 is 0 Å². The van der Waals surface area contributed by atoms with Crippen LogP contribution in [0.25, 0.3) is 0 Å². The Morgan fingerprint density at radius 1 is 1.47 bits per heavy atom. The van der Waals surface area contributed by atoms with Gasteiger partial charge in [-0.2, -0.15) is 0 Å². The van der Waals surface area contributed by atoms with Gasteiger partial charge in [0.2, 0.25) is 0 Å². The maximum atomic E-state index is 11.6. The number of hydrogen-bond acceptors (Lipinski definition) is 3. The second-order valence-electron chi connectivity index (χ2n) is 4.82. The van der Waals surface area contributed by atoms with Gasteiger partial charge in [-0.15, -0.1) is 0 Å². The first kappa shape index (κ1) is 14.3. The van der Waals surface area contributed by atoms with E-state index in [2.05, 4.69) is 26.6 Å². The van der Waals surface area contributed by atoms with Crippen molar-refractivity contribution in [2.75, 3.05) is 20.2 Å². The zero-order chi connectivity index (χ0) is 13.7. The summed E-state index contributed by atoms with van der Waals surface area (Å²) in [7, 11) is 1.88. The highest BCUT2D eigenvalue weighted by Crippen LogP contribution is 2.27. The highest BCUT2D eigenvalue weighted by Gasteiger charge is 2.21. The van der Waals surface area contributed by atoms with Gasteiger partial charge in [0.25, 0.3) is 5.91 Å². The van der Waals surface area contributed by atoms with Gasteiger partial charge in [-0.3, -0.25) is 4.79 Å². The molecule has 1 aliphatic carbocycles. The van der Waals surface area contributed by atoms with Crippen molar-refractivity contribution >= 4 is 21.8 Å². The molecule has 0 bridgehead atoms. The van der Waals surface area contributed by atoms with Crippen LogP contribution in [-0.2, 0) is 11.3 Å². The summed E-state index contributed by atoms with van der Waals surface area (Å²) in [5.41, 5.74) is 1.03. The fourth-order valence-corrected chi connectivity index (χ4v) is 2.20. The number of benzene rings is 1. The highest BCUT2D eigenvalue weighted by molar-refractivity contribution is 9.10. The second kappa shape index (κ2) is 6.91. The van der Waals surface area contributed by atoms with Crippen molar-refractivity contribution in [1.82, 2.24) is 10.6 Å². The maximum absolute atomic E-state index is 11.6. The molecular formula is C14H19BrN2O2. The molecule has 0 aromatic heterocycles. The molecule has 0 saturated heterocycles. The Morgan fingerprint density at radius 2 is 2.26 bits per heavy atom. The van der Waals surface area contributed by atoms with Gasteiger partial charge in [0.1, 0.15) is 5.75 Å². The second-order valence-corrected chi connectivity index (χ2v) is 5.73. The monoisotopic (exact) mass is 326 g/mol. The molecule has 0 unspecified atom stereocenters. The van der Waals surface area contributed by atoms with E-state index in [-0.39, 0.29) is 12.5 Å². The SMILES string of the molecule is CNCc1cc(Br)ccc1OCC(=O)NCC1CC1. The Labute approximate surface area is 122 Å². The molecule has 2 N–H and O–H groups in total. The first-order valence-corrected chi connectivity index (χ1v) is 7.31. The predicted molar refractivity (Wildman–Crippen MR) is 78.1 cm³/mol. The molecule has 1 aromatic carbocycles. The number of halogens is 1. The molecule has 1 aliphatic rings. The third kappa shape index (κ3) is 4.84. The number of ether oxygens (including phenoxy) is 1. The minimum Gasteiger partial charge on any atom is -0.483 e. The predicted octanol–water partition coefficient (Wildman–Crippen LogP) is 2.07. The van der Waals surface area contributed by atoms with Crippen molar-refractivity contribution < 1.29 is 9.53 Å². The molecule has 0 aliphatic heterocycles. The van der Waals surface area contributed by atoms with E-state index in [4.69, 9.17) is 4.74 Å². The molecule has 5 heteroatoms. The lowest BCUT2D eigenvalue weighted by atomic mass is 10.2. The van der Waals surface area contributed by atoms with E-state index in [9.17, 15) is 4.79 Å². The van der Waals surface area contributed by atoms with Gasteiger partial charge in [-0.1, -0.05) is 15.9 Å². The molecule has 1 fully saturated rings. The number of nitrogens with one attached hydrogen (secondary N) is 2. The highest BCUT2D eigenvalue weighted by atomic mass is 79.9. The summed E-state index contributed by atoms with van der Waals surface area (Å²) in [6, 6.07) is 5.79. The van der Waals surface area contributed by atoms with Crippen LogP contribution in [0.2, 0.25) is 0 Å². The molecular weight excluding hydrogens is 308 g/mol. The molecule has 104 valence electrons. The molecule has 0 heterocycles.